The van der Waals surface area contributed by atoms with Crippen molar-refractivity contribution in [1.29, 1.82) is 0 Å². The summed E-state index contributed by atoms with van der Waals surface area (Å²) < 4.78 is 2.34. The standard InChI is InChI=1S/C21H24N4/c1-13(2)17-5-9-23-21-19(17)12-15(4)25(21)10-7-16-11-14(3)24-20-18(16)6-8-22-20/h5-6,8-9,11-13H,7,10H2,1-4H3,(H,22,24). The fourth-order valence-corrected chi connectivity index (χ4v) is 3.77. The van der Waals surface area contributed by atoms with Crippen molar-refractivity contribution in [3.63, 3.8) is 0 Å². The van der Waals surface area contributed by atoms with E-state index in [-0.39, 0.29) is 0 Å². The molecule has 4 aromatic heterocycles. The molecule has 128 valence electrons. The third-order valence-electron chi connectivity index (χ3n) is 5.01. The summed E-state index contributed by atoms with van der Waals surface area (Å²) >= 11 is 0. The summed E-state index contributed by atoms with van der Waals surface area (Å²) in [5.41, 5.74) is 7.11. The first kappa shape index (κ1) is 15.9. The van der Waals surface area contributed by atoms with Gasteiger partial charge in [-0.25, -0.2) is 9.97 Å². The lowest BCUT2D eigenvalue weighted by molar-refractivity contribution is 0.698. The molecule has 0 fully saturated rings. The van der Waals surface area contributed by atoms with Crippen molar-refractivity contribution in [3.8, 4) is 0 Å². The highest BCUT2D eigenvalue weighted by molar-refractivity contribution is 5.82. The van der Waals surface area contributed by atoms with Gasteiger partial charge in [-0.1, -0.05) is 13.8 Å². The number of pyridine rings is 2. The molecule has 4 heterocycles. The lowest BCUT2D eigenvalue weighted by Crippen LogP contribution is -2.05. The van der Waals surface area contributed by atoms with Gasteiger partial charge in [0.15, 0.2) is 0 Å². The van der Waals surface area contributed by atoms with Gasteiger partial charge in [0, 0.05) is 41.1 Å². The number of aromatic nitrogens is 4. The Balaban J connectivity index is 1.72. The van der Waals surface area contributed by atoms with Gasteiger partial charge >= 0.3 is 0 Å². The van der Waals surface area contributed by atoms with E-state index >= 15 is 0 Å². The van der Waals surface area contributed by atoms with E-state index in [0.717, 1.165) is 30.0 Å². The van der Waals surface area contributed by atoms with Crippen LogP contribution in [0.1, 0.15) is 42.3 Å². The van der Waals surface area contributed by atoms with Crippen molar-refractivity contribution in [2.45, 2.75) is 46.6 Å². The molecule has 4 aromatic rings. The number of hydrogen-bond acceptors (Lipinski definition) is 2. The highest BCUT2D eigenvalue weighted by Gasteiger charge is 2.13. The van der Waals surface area contributed by atoms with Crippen molar-refractivity contribution in [2.24, 2.45) is 0 Å². The smallest absolute Gasteiger partial charge is 0.140 e. The summed E-state index contributed by atoms with van der Waals surface area (Å²) in [6.07, 6.45) is 4.87. The summed E-state index contributed by atoms with van der Waals surface area (Å²) in [6, 6.07) is 8.74. The zero-order chi connectivity index (χ0) is 17.6. The SMILES string of the molecule is Cc1cc(CCn2c(C)cc3c(C(C)C)ccnc32)c2cc[nH]c2n1. The van der Waals surface area contributed by atoms with Gasteiger partial charge in [-0.2, -0.15) is 0 Å². The van der Waals surface area contributed by atoms with Crippen molar-refractivity contribution < 1.29 is 0 Å². The minimum atomic E-state index is 0.503. The zero-order valence-electron chi connectivity index (χ0n) is 15.3. The predicted molar refractivity (Wildman–Crippen MR) is 103 cm³/mol. The van der Waals surface area contributed by atoms with E-state index < -0.39 is 0 Å². The van der Waals surface area contributed by atoms with Crippen LogP contribution in [0.5, 0.6) is 0 Å². The van der Waals surface area contributed by atoms with Crippen LogP contribution in [0.3, 0.4) is 0 Å². The Hall–Kier alpha value is -2.62. The topological polar surface area (TPSA) is 46.5 Å². The maximum absolute atomic E-state index is 4.67. The Morgan fingerprint density at radius 3 is 2.76 bits per heavy atom. The Bertz CT molecular complexity index is 1050. The molecule has 0 radical (unpaired) electrons. The van der Waals surface area contributed by atoms with E-state index in [2.05, 4.69) is 71.5 Å². The molecule has 0 saturated heterocycles. The molecule has 4 heteroatoms. The first-order chi connectivity index (χ1) is 12.0. The van der Waals surface area contributed by atoms with Crippen molar-refractivity contribution in [2.75, 3.05) is 0 Å². The number of hydrogen-bond donors (Lipinski definition) is 1. The third-order valence-corrected chi connectivity index (χ3v) is 5.01. The number of nitrogens with zero attached hydrogens (tertiary/aromatic N) is 3. The molecule has 0 aromatic carbocycles. The average molecular weight is 332 g/mol. The van der Waals surface area contributed by atoms with Crippen molar-refractivity contribution in [3.05, 3.63) is 59.2 Å². The van der Waals surface area contributed by atoms with Crippen LogP contribution in [-0.4, -0.2) is 19.5 Å². The predicted octanol–water partition coefficient (Wildman–Crippen LogP) is 4.90. The summed E-state index contributed by atoms with van der Waals surface area (Å²) in [4.78, 5) is 12.5. The van der Waals surface area contributed by atoms with Crippen LogP contribution in [-0.2, 0) is 13.0 Å². The van der Waals surface area contributed by atoms with Crippen LogP contribution >= 0.6 is 0 Å². The van der Waals surface area contributed by atoms with Crippen molar-refractivity contribution >= 4 is 22.1 Å². The molecule has 0 amide bonds. The largest absolute Gasteiger partial charge is 0.346 e. The Labute approximate surface area is 147 Å². The van der Waals surface area contributed by atoms with Gasteiger partial charge < -0.3 is 9.55 Å². The first-order valence-electron chi connectivity index (χ1n) is 8.93. The van der Waals surface area contributed by atoms with Gasteiger partial charge in [0.2, 0.25) is 0 Å². The first-order valence-corrected chi connectivity index (χ1v) is 8.93. The molecule has 0 spiro atoms. The molecule has 0 bridgehead atoms. The van der Waals surface area contributed by atoms with Crippen LogP contribution in [0.15, 0.2) is 36.7 Å². The summed E-state index contributed by atoms with van der Waals surface area (Å²) in [5.74, 6) is 0.503. The van der Waals surface area contributed by atoms with Crippen LogP contribution in [0.4, 0.5) is 0 Å². The van der Waals surface area contributed by atoms with Crippen LogP contribution < -0.4 is 0 Å². The van der Waals surface area contributed by atoms with Crippen LogP contribution in [0.2, 0.25) is 0 Å². The number of aryl methyl sites for hydroxylation is 4. The maximum Gasteiger partial charge on any atom is 0.140 e. The molecule has 0 aliphatic rings. The molecule has 25 heavy (non-hydrogen) atoms. The summed E-state index contributed by atoms with van der Waals surface area (Å²) in [5, 5.41) is 2.50. The second-order valence-electron chi connectivity index (χ2n) is 7.14. The number of rotatable bonds is 4. The quantitative estimate of drug-likeness (QED) is 0.578. The van der Waals surface area contributed by atoms with Gasteiger partial charge in [-0.05, 0) is 61.6 Å². The van der Waals surface area contributed by atoms with Gasteiger partial charge in [0.05, 0.1) is 0 Å². The number of fused-ring (bicyclic) bond motifs is 2. The van der Waals surface area contributed by atoms with E-state index in [9.17, 15) is 0 Å². The Kier molecular flexibility index (Phi) is 3.83. The summed E-state index contributed by atoms with van der Waals surface area (Å²) in [7, 11) is 0. The lowest BCUT2D eigenvalue weighted by Gasteiger charge is -2.11. The third kappa shape index (κ3) is 2.72. The van der Waals surface area contributed by atoms with E-state index in [1.165, 1.54) is 27.6 Å². The van der Waals surface area contributed by atoms with E-state index in [1.807, 2.05) is 12.4 Å². The van der Waals surface area contributed by atoms with Gasteiger partial charge in [0.1, 0.15) is 11.3 Å². The molecule has 4 rings (SSSR count). The molecule has 0 aliphatic heterocycles. The fraction of sp³-hybridized carbons (Fsp3) is 0.333. The molecule has 4 nitrogen and oxygen atoms in total. The minimum Gasteiger partial charge on any atom is -0.346 e. The second-order valence-corrected chi connectivity index (χ2v) is 7.14. The maximum atomic E-state index is 4.67. The normalized spacial score (nSPS) is 11.9. The highest BCUT2D eigenvalue weighted by atomic mass is 15.0. The van der Waals surface area contributed by atoms with Crippen LogP contribution in [0, 0.1) is 13.8 Å². The Morgan fingerprint density at radius 2 is 1.96 bits per heavy atom. The molecular formula is C21H24N4. The van der Waals surface area contributed by atoms with Gasteiger partial charge in [-0.15, -0.1) is 0 Å². The molecule has 0 unspecified atom stereocenters. The van der Waals surface area contributed by atoms with Gasteiger partial charge in [-0.3, -0.25) is 0 Å². The molecule has 0 aliphatic carbocycles. The zero-order valence-corrected chi connectivity index (χ0v) is 15.3. The fourth-order valence-electron chi connectivity index (χ4n) is 3.77. The number of nitrogens with one attached hydrogen (secondary N) is 1. The number of aromatic amines is 1. The van der Waals surface area contributed by atoms with Crippen LogP contribution in [0.25, 0.3) is 22.1 Å². The highest BCUT2D eigenvalue weighted by Crippen LogP contribution is 2.27. The molecule has 1 N–H and O–H groups in total. The molecule has 0 atom stereocenters. The van der Waals surface area contributed by atoms with Crippen molar-refractivity contribution in [1.82, 2.24) is 19.5 Å². The average Bonchev–Trinajstić information content (AvgIpc) is 3.15. The van der Waals surface area contributed by atoms with E-state index in [0.29, 0.717) is 5.92 Å². The van der Waals surface area contributed by atoms with Gasteiger partial charge in [0.25, 0.3) is 0 Å². The minimum absolute atomic E-state index is 0.503. The Morgan fingerprint density at radius 1 is 1.12 bits per heavy atom. The number of H-pyrrole nitrogens is 1. The summed E-state index contributed by atoms with van der Waals surface area (Å²) in [6.45, 7) is 9.63. The monoisotopic (exact) mass is 332 g/mol. The van der Waals surface area contributed by atoms with E-state index in [1.54, 1.807) is 0 Å². The second kappa shape index (κ2) is 6.03. The molecule has 0 saturated carbocycles. The lowest BCUT2D eigenvalue weighted by atomic mass is 10.0. The molecular weight excluding hydrogens is 308 g/mol. The van der Waals surface area contributed by atoms with E-state index in [4.69, 9.17) is 0 Å².